The van der Waals surface area contributed by atoms with Crippen LogP contribution in [0.2, 0.25) is 5.02 Å². The molecule has 1 unspecified atom stereocenters. The molecule has 4 aliphatic heterocycles. The Morgan fingerprint density at radius 2 is 1.48 bits per heavy atom. The second-order valence-electron chi connectivity index (χ2n) is 23.6. The maximum Gasteiger partial charge on any atom is 0.501 e. The SMILES string of the molecule is CC1(C)CCC(c2ccc(Cl)cc2)=C(CN2CCN(c3ccc(C(=O)NS(=O)(=O)c4ccc(N[C@H](CCN5CCN(CCCSc6cccc7c6CN(C6CCC(=O)NC6=O)C7=O)CC5)CSc5ccccc5)c(S(=O)(=O)C(F)(F)F)c4)cc3)CC2)C1. The number of halogens is 4. The number of alkyl halides is 3. The molecule has 5 aromatic carbocycles. The van der Waals surface area contributed by atoms with Gasteiger partial charge >= 0.3 is 5.51 Å². The molecule has 3 fully saturated rings. The second-order valence-corrected chi connectivity index (χ2v) is 29.9. The number of sulfonamides is 1. The van der Waals surface area contributed by atoms with Crippen LogP contribution in [-0.4, -0.2) is 161 Å². The van der Waals surface area contributed by atoms with Crippen molar-refractivity contribution < 1.29 is 49.2 Å². The highest BCUT2D eigenvalue weighted by molar-refractivity contribution is 7.99. The third-order valence-corrected chi connectivity index (χ3v) is 22.4. The average molecular weight is 1290 g/mol. The molecule has 2 atom stereocenters. The fourth-order valence-corrected chi connectivity index (χ4v) is 16.2. The Labute approximate surface area is 521 Å². The van der Waals surface area contributed by atoms with Crippen LogP contribution in [0, 0.1) is 5.41 Å². The van der Waals surface area contributed by atoms with Gasteiger partial charge in [-0.1, -0.05) is 67.4 Å². The van der Waals surface area contributed by atoms with E-state index in [1.807, 2.05) is 59.3 Å². The number of sulfone groups is 1. The standard InChI is InChI=1S/C63H72ClF3N8O8S4/c1-62(2)26-24-51(43-12-16-46(64)17-13-43)45(39-62)40-73-33-35-74(36-34-73)48-18-14-44(15-19-48)59(77)70-87(82,83)50-20-21-54(57(38-50)86(80,81)63(65,66)67)68-47(42-85-49-8-4-3-5-9-49)25-28-72-31-29-71(30-32-72)27-7-37-84-56-11-6-10-52-53(56)41-75(61(52)79)55-22-23-58(76)69-60(55)78/h3-6,8-21,38,47,55,68H,7,22-37,39-42H2,1-2H3,(H,70,77)(H,69,76,78)/t47-,55?/m1/s1. The number of fused-ring (bicyclic) bond motifs is 1. The number of piperidine rings is 1. The van der Waals surface area contributed by atoms with Crippen molar-refractivity contribution in [2.45, 2.75) is 103 Å². The van der Waals surface area contributed by atoms with E-state index in [1.54, 1.807) is 34.9 Å². The van der Waals surface area contributed by atoms with E-state index in [-0.39, 0.29) is 29.2 Å². The molecule has 5 aromatic rings. The first-order valence-electron chi connectivity index (χ1n) is 29.4. The summed E-state index contributed by atoms with van der Waals surface area (Å²) in [5, 5.41) is 6.11. The predicted molar refractivity (Wildman–Crippen MR) is 335 cm³/mol. The van der Waals surface area contributed by atoms with Crippen LogP contribution in [0.1, 0.15) is 90.6 Å². The number of allylic oxidation sites excluding steroid dienone is 1. The first kappa shape index (κ1) is 64.1. The minimum absolute atomic E-state index is 0.0194. The molecule has 0 aromatic heterocycles. The lowest BCUT2D eigenvalue weighted by Crippen LogP contribution is -2.52. The lowest BCUT2D eigenvalue weighted by Gasteiger charge is -2.39. The number of carbonyl (C=O) groups excluding carboxylic acids is 4. The Morgan fingerprint density at radius 3 is 2.17 bits per heavy atom. The van der Waals surface area contributed by atoms with Gasteiger partial charge in [0.05, 0.1) is 10.6 Å². The van der Waals surface area contributed by atoms with E-state index in [0.29, 0.717) is 48.3 Å². The number of thioether (sulfide) groups is 2. The van der Waals surface area contributed by atoms with Gasteiger partial charge in [0.2, 0.25) is 11.8 Å². The van der Waals surface area contributed by atoms with Gasteiger partial charge in [0, 0.05) is 122 Å². The Hall–Kier alpha value is -5.92. The van der Waals surface area contributed by atoms with Crippen molar-refractivity contribution in [1.82, 2.24) is 29.6 Å². The number of rotatable bonds is 22. The van der Waals surface area contributed by atoms with Crippen LogP contribution in [0.5, 0.6) is 0 Å². The van der Waals surface area contributed by atoms with Gasteiger partial charge in [0.1, 0.15) is 10.9 Å². The minimum atomic E-state index is -6.13. The lowest BCUT2D eigenvalue weighted by atomic mass is 9.73. The highest BCUT2D eigenvalue weighted by Crippen LogP contribution is 2.43. The molecule has 0 saturated carbocycles. The van der Waals surface area contributed by atoms with Crippen molar-refractivity contribution in [3.8, 4) is 0 Å². The first-order valence-corrected chi connectivity index (χ1v) is 34.7. The van der Waals surface area contributed by atoms with Crippen LogP contribution in [0.15, 0.2) is 140 Å². The van der Waals surface area contributed by atoms with Crippen LogP contribution in [0.25, 0.3) is 5.57 Å². The molecule has 24 heteroatoms. The van der Waals surface area contributed by atoms with Gasteiger partial charge < -0.3 is 24.9 Å². The van der Waals surface area contributed by atoms with Crippen molar-refractivity contribution in [1.29, 1.82) is 0 Å². The summed E-state index contributed by atoms with van der Waals surface area (Å²) in [6.07, 6.45) is 4.87. The van der Waals surface area contributed by atoms with E-state index in [1.165, 1.54) is 40.6 Å². The Morgan fingerprint density at radius 1 is 0.793 bits per heavy atom. The van der Waals surface area contributed by atoms with Gasteiger partial charge in [0.15, 0.2) is 0 Å². The maximum absolute atomic E-state index is 14.5. The van der Waals surface area contributed by atoms with Gasteiger partial charge in [-0.2, -0.15) is 13.2 Å². The molecule has 4 heterocycles. The van der Waals surface area contributed by atoms with Crippen molar-refractivity contribution in [2.75, 3.05) is 93.7 Å². The number of piperazine rings is 2. The number of imide groups is 1. The molecule has 0 spiro atoms. The van der Waals surface area contributed by atoms with Crippen LogP contribution in [-0.2, 0) is 36.0 Å². The van der Waals surface area contributed by atoms with Gasteiger partial charge in [-0.15, -0.1) is 23.5 Å². The van der Waals surface area contributed by atoms with Crippen LogP contribution < -0.4 is 20.3 Å². The molecule has 3 N–H and O–H groups in total. The maximum atomic E-state index is 14.5. The third kappa shape index (κ3) is 15.7. The number of nitrogens with one attached hydrogen (secondary N) is 3. The van der Waals surface area contributed by atoms with Crippen LogP contribution >= 0.6 is 35.1 Å². The fraction of sp³-hybridized carbons (Fsp3) is 0.429. The zero-order valence-electron chi connectivity index (χ0n) is 48.6. The molecule has 3 saturated heterocycles. The summed E-state index contributed by atoms with van der Waals surface area (Å²) in [4.78, 5) is 61.8. The lowest BCUT2D eigenvalue weighted by molar-refractivity contribution is -0.136. The fourth-order valence-electron chi connectivity index (χ4n) is 12.1. The third-order valence-electron chi connectivity index (χ3n) is 17.0. The zero-order chi connectivity index (χ0) is 61.7. The number of benzene rings is 5. The van der Waals surface area contributed by atoms with Crippen molar-refractivity contribution in [2.24, 2.45) is 5.41 Å². The highest BCUT2D eigenvalue weighted by Gasteiger charge is 2.49. The van der Waals surface area contributed by atoms with E-state index >= 15 is 0 Å². The minimum Gasteiger partial charge on any atom is -0.380 e. The Kier molecular flexibility index (Phi) is 20.2. The van der Waals surface area contributed by atoms with Gasteiger partial charge in [-0.05, 0) is 152 Å². The molecule has 0 radical (unpaired) electrons. The van der Waals surface area contributed by atoms with Crippen LogP contribution in [0.3, 0.4) is 0 Å². The van der Waals surface area contributed by atoms with Gasteiger partial charge in [-0.25, -0.2) is 21.6 Å². The molecule has 4 amide bonds. The molecule has 5 aliphatic rings. The summed E-state index contributed by atoms with van der Waals surface area (Å²) in [5.74, 6) is -0.908. The monoisotopic (exact) mass is 1290 g/mol. The van der Waals surface area contributed by atoms with E-state index in [9.17, 15) is 49.2 Å². The van der Waals surface area contributed by atoms with Gasteiger partial charge in [0.25, 0.3) is 31.7 Å². The van der Waals surface area contributed by atoms with E-state index < -0.39 is 64.7 Å². The molecular formula is C63H72ClF3N8O8S4. The van der Waals surface area contributed by atoms with E-state index in [0.717, 1.165) is 130 Å². The average Bonchev–Trinajstić information content (AvgIpc) is 1.95. The summed E-state index contributed by atoms with van der Waals surface area (Å²) in [7, 11) is -11.0. The number of amides is 4. The molecule has 464 valence electrons. The number of carbonyl (C=O) groups is 4. The molecule has 1 aliphatic carbocycles. The number of hydrogen-bond acceptors (Lipinski definition) is 15. The second kappa shape index (κ2) is 27.4. The number of nitrogens with zero attached hydrogens (tertiary/aromatic N) is 5. The molecule has 87 heavy (non-hydrogen) atoms. The Balaban J connectivity index is 0.738. The summed E-state index contributed by atoms with van der Waals surface area (Å²) in [5.41, 5.74) is 0.299. The summed E-state index contributed by atoms with van der Waals surface area (Å²) < 4.78 is 99.9. The molecule has 0 bridgehead atoms. The van der Waals surface area contributed by atoms with E-state index in [4.69, 9.17) is 11.6 Å². The molecule has 16 nitrogen and oxygen atoms in total. The Bertz CT molecular complexity index is 3600. The summed E-state index contributed by atoms with van der Waals surface area (Å²) in [6, 6.07) is 30.6. The topological polar surface area (TPSA) is 189 Å². The van der Waals surface area contributed by atoms with E-state index in [2.05, 4.69) is 56.2 Å². The first-order chi connectivity index (χ1) is 41.5. The smallest absolute Gasteiger partial charge is 0.380 e. The summed E-state index contributed by atoms with van der Waals surface area (Å²) >= 11 is 9.32. The van der Waals surface area contributed by atoms with Gasteiger partial charge in [-0.3, -0.25) is 29.4 Å². The molecular weight excluding hydrogens is 1220 g/mol. The van der Waals surface area contributed by atoms with Crippen molar-refractivity contribution in [3.05, 3.63) is 148 Å². The predicted octanol–water partition coefficient (Wildman–Crippen LogP) is 10.1. The van der Waals surface area contributed by atoms with Crippen molar-refractivity contribution >= 4 is 95.6 Å². The van der Waals surface area contributed by atoms with Crippen molar-refractivity contribution in [3.63, 3.8) is 0 Å². The quantitative estimate of drug-likeness (QED) is 0.0337. The van der Waals surface area contributed by atoms with Crippen LogP contribution in [0.4, 0.5) is 24.5 Å². The number of anilines is 2. The normalized spacial score (nSPS) is 19.5. The number of hydrogen-bond donors (Lipinski definition) is 3. The summed E-state index contributed by atoms with van der Waals surface area (Å²) in [6.45, 7) is 13.2. The highest BCUT2D eigenvalue weighted by atomic mass is 35.5. The largest absolute Gasteiger partial charge is 0.501 e. The zero-order valence-corrected chi connectivity index (χ0v) is 52.6. The molecule has 10 rings (SSSR count).